The Kier molecular flexibility index (Phi) is 5.52. The molecule has 0 spiro atoms. The molecule has 6 heteroatoms. The van der Waals surface area contributed by atoms with E-state index in [-0.39, 0.29) is 30.3 Å². The third kappa shape index (κ3) is 4.68. The first kappa shape index (κ1) is 15.7. The van der Waals surface area contributed by atoms with Crippen molar-refractivity contribution in [2.24, 2.45) is 5.73 Å². The molecule has 116 valence electrons. The van der Waals surface area contributed by atoms with E-state index in [1.165, 1.54) is 12.1 Å². The number of benzene rings is 1. The molecule has 1 atom stereocenters. The summed E-state index contributed by atoms with van der Waals surface area (Å²) in [4.78, 5) is 11.8. The van der Waals surface area contributed by atoms with E-state index in [2.05, 4.69) is 5.32 Å². The monoisotopic (exact) mass is 296 g/mol. The minimum absolute atomic E-state index is 0.0570. The molecule has 5 nitrogen and oxygen atoms in total. The van der Waals surface area contributed by atoms with Crippen LogP contribution < -0.4 is 15.8 Å². The number of hydrogen-bond donors (Lipinski definition) is 2. The van der Waals surface area contributed by atoms with Crippen molar-refractivity contribution < 1.29 is 18.7 Å². The van der Waals surface area contributed by atoms with Crippen LogP contribution in [0.1, 0.15) is 31.4 Å². The zero-order valence-electron chi connectivity index (χ0n) is 12.1. The molecule has 3 N–H and O–H groups in total. The number of carbonyl (C=O) groups is 1. The first-order valence-electron chi connectivity index (χ1n) is 7.11. The minimum Gasteiger partial charge on any atom is -0.481 e. The predicted molar refractivity (Wildman–Crippen MR) is 76.5 cm³/mol. The number of carbonyl (C=O) groups excluding carboxylic acids is 1. The quantitative estimate of drug-likeness (QED) is 0.864. The van der Waals surface area contributed by atoms with Gasteiger partial charge in [0.15, 0.2) is 18.2 Å². The lowest BCUT2D eigenvalue weighted by atomic mass is 10.1. The fourth-order valence-electron chi connectivity index (χ4n) is 2.17. The maximum absolute atomic E-state index is 13.8. The molecule has 0 bridgehead atoms. The van der Waals surface area contributed by atoms with Crippen molar-refractivity contribution in [2.45, 2.75) is 31.8 Å². The van der Waals surface area contributed by atoms with E-state index in [0.29, 0.717) is 18.8 Å². The summed E-state index contributed by atoms with van der Waals surface area (Å²) in [6, 6.07) is 4.39. The number of rotatable bonds is 5. The molecule has 1 amide bonds. The summed E-state index contributed by atoms with van der Waals surface area (Å²) in [5.41, 5.74) is 6.36. The van der Waals surface area contributed by atoms with Gasteiger partial charge in [-0.2, -0.15) is 0 Å². The minimum atomic E-state index is -0.510. The largest absolute Gasteiger partial charge is 0.481 e. The summed E-state index contributed by atoms with van der Waals surface area (Å²) >= 11 is 0. The van der Waals surface area contributed by atoms with E-state index >= 15 is 0 Å². The van der Waals surface area contributed by atoms with Crippen LogP contribution in [-0.4, -0.2) is 31.8 Å². The van der Waals surface area contributed by atoms with Gasteiger partial charge in [-0.1, -0.05) is 6.07 Å². The summed E-state index contributed by atoms with van der Waals surface area (Å²) < 4.78 is 24.2. The third-order valence-electron chi connectivity index (χ3n) is 3.43. The summed E-state index contributed by atoms with van der Waals surface area (Å²) in [6.45, 7) is 2.88. The first-order chi connectivity index (χ1) is 10.1. The van der Waals surface area contributed by atoms with Crippen LogP contribution >= 0.6 is 0 Å². The van der Waals surface area contributed by atoms with E-state index in [0.717, 1.165) is 12.8 Å². The Labute approximate surface area is 123 Å². The van der Waals surface area contributed by atoms with Crippen LogP contribution in [0.5, 0.6) is 5.75 Å². The van der Waals surface area contributed by atoms with Crippen LogP contribution in [0.15, 0.2) is 18.2 Å². The highest BCUT2D eigenvalue weighted by Crippen LogP contribution is 2.21. The van der Waals surface area contributed by atoms with Crippen LogP contribution in [-0.2, 0) is 9.53 Å². The average Bonchev–Trinajstić information content (AvgIpc) is 2.47. The number of halogens is 1. The number of nitrogens with two attached hydrogens (primary N) is 1. The van der Waals surface area contributed by atoms with Crippen molar-refractivity contribution in [3.8, 4) is 5.75 Å². The zero-order valence-corrected chi connectivity index (χ0v) is 12.1. The number of amides is 1. The second kappa shape index (κ2) is 7.38. The van der Waals surface area contributed by atoms with Gasteiger partial charge in [0.2, 0.25) is 0 Å². The molecule has 0 unspecified atom stereocenters. The van der Waals surface area contributed by atoms with Crippen molar-refractivity contribution >= 4 is 5.91 Å². The van der Waals surface area contributed by atoms with Gasteiger partial charge in [0.05, 0.1) is 0 Å². The average molecular weight is 296 g/mol. The van der Waals surface area contributed by atoms with Gasteiger partial charge >= 0.3 is 0 Å². The summed E-state index contributed by atoms with van der Waals surface area (Å²) in [6.07, 6.45) is 1.59. The number of nitrogens with one attached hydrogen (secondary N) is 1. The molecule has 0 saturated carbocycles. The van der Waals surface area contributed by atoms with Crippen molar-refractivity contribution in [2.75, 3.05) is 19.8 Å². The SMILES string of the molecule is C[C@H](N)c1ccc(OCC(=O)NC2CCOCC2)c(F)c1. The molecular weight excluding hydrogens is 275 g/mol. The fourth-order valence-corrected chi connectivity index (χ4v) is 2.17. The first-order valence-corrected chi connectivity index (χ1v) is 7.11. The Morgan fingerprint density at radius 3 is 2.86 bits per heavy atom. The Hall–Kier alpha value is -1.66. The number of hydrogen-bond acceptors (Lipinski definition) is 4. The van der Waals surface area contributed by atoms with Crippen molar-refractivity contribution in [3.05, 3.63) is 29.6 Å². The Bertz CT molecular complexity index is 488. The second-order valence-electron chi connectivity index (χ2n) is 5.22. The highest BCUT2D eigenvalue weighted by Gasteiger charge is 2.16. The van der Waals surface area contributed by atoms with Gasteiger partial charge in [0.1, 0.15) is 0 Å². The van der Waals surface area contributed by atoms with Crippen LogP contribution in [0.4, 0.5) is 4.39 Å². The van der Waals surface area contributed by atoms with E-state index in [1.54, 1.807) is 13.0 Å². The molecular formula is C15H21FN2O3. The Morgan fingerprint density at radius 2 is 2.24 bits per heavy atom. The molecule has 0 aliphatic carbocycles. The van der Waals surface area contributed by atoms with Crippen molar-refractivity contribution in [3.63, 3.8) is 0 Å². The maximum atomic E-state index is 13.8. The molecule has 1 aromatic rings. The van der Waals surface area contributed by atoms with Gasteiger partial charge < -0.3 is 20.5 Å². The van der Waals surface area contributed by atoms with Crippen LogP contribution in [0.3, 0.4) is 0 Å². The molecule has 1 fully saturated rings. The van der Waals surface area contributed by atoms with E-state index in [9.17, 15) is 9.18 Å². The Balaban J connectivity index is 1.83. The smallest absolute Gasteiger partial charge is 0.258 e. The molecule has 1 aliphatic heterocycles. The van der Waals surface area contributed by atoms with Gasteiger partial charge in [-0.15, -0.1) is 0 Å². The highest BCUT2D eigenvalue weighted by atomic mass is 19.1. The van der Waals surface area contributed by atoms with Crippen LogP contribution in [0.25, 0.3) is 0 Å². The predicted octanol–water partition coefficient (Wildman–Crippen LogP) is 1.52. The van der Waals surface area contributed by atoms with E-state index in [4.69, 9.17) is 15.2 Å². The molecule has 2 rings (SSSR count). The molecule has 21 heavy (non-hydrogen) atoms. The van der Waals surface area contributed by atoms with Gasteiger partial charge in [0, 0.05) is 25.3 Å². The third-order valence-corrected chi connectivity index (χ3v) is 3.43. The summed E-state index contributed by atoms with van der Waals surface area (Å²) in [5.74, 6) is -0.706. The summed E-state index contributed by atoms with van der Waals surface area (Å²) in [5, 5.41) is 2.85. The lowest BCUT2D eigenvalue weighted by Gasteiger charge is -2.23. The molecule has 1 aliphatic rings. The molecule has 1 aromatic carbocycles. The molecule has 1 heterocycles. The number of ether oxygens (including phenoxy) is 2. The van der Waals surface area contributed by atoms with E-state index < -0.39 is 5.82 Å². The molecule has 0 aromatic heterocycles. The highest BCUT2D eigenvalue weighted by molar-refractivity contribution is 5.77. The van der Waals surface area contributed by atoms with Gasteiger partial charge in [-0.25, -0.2) is 4.39 Å². The fraction of sp³-hybridized carbons (Fsp3) is 0.533. The van der Waals surface area contributed by atoms with Gasteiger partial charge in [0.25, 0.3) is 5.91 Å². The van der Waals surface area contributed by atoms with Gasteiger partial charge in [-0.05, 0) is 37.5 Å². The Morgan fingerprint density at radius 1 is 1.52 bits per heavy atom. The van der Waals surface area contributed by atoms with E-state index in [1.807, 2.05) is 0 Å². The second-order valence-corrected chi connectivity index (χ2v) is 5.22. The van der Waals surface area contributed by atoms with Crippen LogP contribution in [0.2, 0.25) is 0 Å². The molecule has 0 radical (unpaired) electrons. The van der Waals surface area contributed by atoms with Crippen molar-refractivity contribution in [1.29, 1.82) is 0 Å². The lowest BCUT2D eigenvalue weighted by Crippen LogP contribution is -2.41. The normalized spacial score (nSPS) is 17.3. The summed E-state index contributed by atoms with van der Waals surface area (Å²) in [7, 11) is 0. The maximum Gasteiger partial charge on any atom is 0.258 e. The zero-order chi connectivity index (χ0) is 15.2. The molecule has 1 saturated heterocycles. The van der Waals surface area contributed by atoms with Crippen LogP contribution in [0, 0.1) is 5.82 Å². The standard InChI is InChI=1S/C15H21FN2O3/c1-10(17)11-2-3-14(13(16)8-11)21-9-15(19)18-12-4-6-20-7-5-12/h2-3,8,10,12H,4-7,9,17H2,1H3,(H,18,19)/t10-/m0/s1. The van der Waals surface area contributed by atoms with Gasteiger partial charge in [-0.3, -0.25) is 4.79 Å². The topological polar surface area (TPSA) is 73.6 Å². The lowest BCUT2D eigenvalue weighted by molar-refractivity contribution is -0.124. The van der Waals surface area contributed by atoms with Crippen molar-refractivity contribution in [1.82, 2.24) is 5.32 Å².